The van der Waals surface area contributed by atoms with Gasteiger partial charge in [0.1, 0.15) is 11.2 Å². The summed E-state index contributed by atoms with van der Waals surface area (Å²) in [5, 5.41) is 12.0. The molecule has 0 amide bonds. The van der Waals surface area contributed by atoms with Crippen molar-refractivity contribution in [2.75, 3.05) is 0 Å². The lowest BCUT2D eigenvalue weighted by Crippen LogP contribution is -2.00. The highest BCUT2D eigenvalue weighted by Crippen LogP contribution is 2.42. The van der Waals surface area contributed by atoms with E-state index in [0.717, 1.165) is 49.8 Å². The highest BCUT2D eigenvalue weighted by molar-refractivity contribution is 7.25. The molecule has 0 aliphatic carbocycles. The molecule has 0 unspecified atom stereocenters. The molecule has 9 aromatic carbocycles. The number of thiophene rings is 1. The van der Waals surface area contributed by atoms with Crippen LogP contribution in [-0.4, -0.2) is 15.0 Å². The largest absolute Gasteiger partial charge is 0.455 e. The molecule has 0 spiro atoms. The lowest BCUT2D eigenvalue weighted by molar-refractivity contribution is 0.670. The van der Waals surface area contributed by atoms with Crippen LogP contribution in [0, 0.1) is 0 Å². The number of rotatable bonds is 4. The first-order chi connectivity index (χ1) is 27.7. The van der Waals surface area contributed by atoms with E-state index in [9.17, 15) is 0 Å². The quantitative estimate of drug-likeness (QED) is 0.169. The summed E-state index contributed by atoms with van der Waals surface area (Å²) in [5.41, 5.74) is 6.62. The second-order valence-corrected chi connectivity index (χ2v) is 15.4. The fraction of sp³-hybridized carbons (Fsp3) is 0. The Morgan fingerprint density at radius 2 is 0.893 bits per heavy atom. The fourth-order valence-corrected chi connectivity index (χ4v) is 9.67. The van der Waals surface area contributed by atoms with Crippen molar-refractivity contribution in [1.29, 1.82) is 0 Å². The second kappa shape index (κ2) is 12.2. The molecule has 3 heterocycles. The zero-order chi connectivity index (χ0) is 36.7. The number of benzene rings is 9. The van der Waals surface area contributed by atoms with Gasteiger partial charge in [0.25, 0.3) is 0 Å². The van der Waals surface area contributed by atoms with Crippen LogP contribution in [0.4, 0.5) is 0 Å². The Bertz CT molecular complexity index is 3510. The summed E-state index contributed by atoms with van der Waals surface area (Å²) in [6, 6.07) is 62.1. The Labute approximate surface area is 325 Å². The molecular formula is C51H29N3OS. The Kier molecular flexibility index (Phi) is 6.76. The minimum absolute atomic E-state index is 0.599. The smallest absolute Gasteiger partial charge is 0.164 e. The van der Waals surface area contributed by atoms with Gasteiger partial charge in [-0.1, -0.05) is 146 Å². The van der Waals surface area contributed by atoms with E-state index >= 15 is 0 Å². The second-order valence-electron chi connectivity index (χ2n) is 14.3. The number of hydrogen-bond donors (Lipinski definition) is 0. The monoisotopic (exact) mass is 731 g/mol. The summed E-state index contributed by atoms with van der Waals surface area (Å²) in [7, 11) is 0. The molecule has 0 aliphatic rings. The van der Waals surface area contributed by atoms with Crippen molar-refractivity contribution in [3.05, 3.63) is 176 Å². The summed E-state index contributed by atoms with van der Waals surface area (Å²) >= 11 is 1.79. The number of nitrogens with zero attached hydrogens (tertiary/aromatic N) is 3. The van der Waals surface area contributed by atoms with Crippen LogP contribution in [0.2, 0.25) is 0 Å². The third-order valence-corrected chi connectivity index (χ3v) is 12.3. The Morgan fingerprint density at radius 1 is 0.339 bits per heavy atom. The van der Waals surface area contributed by atoms with Crippen molar-refractivity contribution in [1.82, 2.24) is 15.0 Å². The van der Waals surface area contributed by atoms with E-state index in [1.165, 1.54) is 52.5 Å². The van der Waals surface area contributed by atoms with Crippen molar-refractivity contribution >= 4 is 85.8 Å². The molecule has 5 heteroatoms. The summed E-state index contributed by atoms with van der Waals surface area (Å²) in [5.74, 6) is 1.87. The number of fused-ring (bicyclic) bond motifs is 12. The predicted molar refractivity (Wildman–Crippen MR) is 234 cm³/mol. The summed E-state index contributed by atoms with van der Waals surface area (Å²) < 4.78 is 9.28. The number of aromatic nitrogens is 3. The van der Waals surface area contributed by atoms with E-state index < -0.39 is 0 Å². The maximum Gasteiger partial charge on any atom is 0.164 e. The standard InChI is InChI=1S/C51H29N3OS/c1-2-12-30(13-3-1)49-52-50(54-51(53-49)42-21-11-23-46-47(42)41-18-8-9-22-45(41)56-46)32-25-27-39-40-20-10-19-33(48(40)55-44(39)29-32)31-24-26-38-36-16-5-4-14-34(36)35-15-6-7-17-37(35)43(38)28-31/h1-29H. The van der Waals surface area contributed by atoms with E-state index in [2.05, 4.69) is 146 Å². The average Bonchev–Trinajstić information content (AvgIpc) is 3.85. The van der Waals surface area contributed by atoms with E-state index in [1.807, 2.05) is 30.3 Å². The third kappa shape index (κ3) is 4.75. The van der Waals surface area contributed by atoms with Gasteiger partial charge < -0.3 is 4.42 Å². The molecule has 4 nitrogen and oxygen atoms in total. The minimum Gasteiger partial charge on any atom is -0.455 e. The van der Waals surface area contributed by atoms with E-state index in [0.29, 0.717) is 17.5 Å². The lowest BCUT2D eigenvalue weighted by atomic mass is 9.92. The van der Waals surface area contributed by atoms with Crippen molar-refractivity contribution in [3.8, 4) is 45.3 Å². The molecule has 0 fully saturated rings. The van der Waals surface area contributed by atoms with Crippen LogP contribution in [-0.2, 0) is 0 Å². The van der Waals surface area contributed by atoms with Crippen LogP contribution in [0.1, 0.15) is 0 Å². The minimum atomic E-state index is 0.599. The molecule has 0 radical (unpaired) electrons. The van der Waals surface area contributed by atoms with Crippen molar-refractivity contribution in [3.63, 3.8) is 0 Å². The van der Waals surface area contributed by atoms with Crippen molar-refractivity contribution in [2.45, 2.75) is 0 Å². The van der Waals surface area contributed by atoms with Gasteiger partial charge in [-0.05, 0) is 68.2 Å². The number of hydrogen-bond acceptors (Lipinski definition) is 5. The maximum absolute atomic E-state index is 6.83. The Balaban J connectivity index is 1.03. The SMILES string of the molecule is c1ccc(-c2nc(-c3ccc4c(c3)oc3c(-c5ccc6c7ccccc7c7ccccc7c6c5)cccc34)nc(-c3cccc4sc5ccccc5c34)n2)cc1. The Hall–Kier alpha value is -7.21. The topological polar surface area (TPSA) is 51.8 Å². The highest BCUT2D eigenvalue weighted by Gasteiger charge is 2.19. The molecule has 12 aromatic rings. The first-order valence-electron chi connectivity index (χ1n) is 18.8. The predicted octanol–water partition coefficient (Wildman–Crippen LogP) is 14.3. The van der Waals surface area contributed by atoms with E-state index in [4.69, 9.17) is 19.4 Å². The molecule has 0 saturated carbocycles. The van der Waals surface area contributed by atoms with Gasteiger partial charge in [-0.15, -0.1) is 11.3 Å². The maximum atomic E-state index is 6.83. The van der Waals surface area contributed by atoms with Crippen LogP contribution in [0.25, 0.3) is 120 Å². The first kappa shape index (κ1) is 31.2. The van der Waals surface area contributed by atoms with Gasteiger partial charge in [0, 0.05) is 53.2 Å². The molecule has 3 aromatic heterocycles. The molecule has 0 bridgehead atoms. The zero-order valence-corrected chi connectivity index (χ0v) is 30.7. The highest BCUT2D eigenvalue weighted by atomic mass is 32.1. The van der Waals surface area contributed by atoms with Crippen molar-refractivity contribution in [2.24, 2.45) is 0 Å². The van der Waals surface area contributed by atoms with Gasteiger partial charge in [-0.3, -0.25) is 0 Å². The summed E-state index contributed by atoms with van der Waals surface area (Å²) in [4.78, 5) is 15.3. The normalized spacial score (nSPS) is 11.9. The van der Waals surface area contributed by atoms with Gasteiger partial charge in [0.05, 0.1) is 0 Å². The molecule has 260 valence electrons. The lowest BCUT2D eigenvalue weighted by Gasteiger charge is -2.12. The first-order valence-corrected chi connectivity index (χ1v) is 19.6. The van der Waals surface area contributed by atoms with Gasteiger partial charge in [-0.2, -0.15) is 0 Å². The van der Waals surface area contributed by atoms with Gasteiger partial charge in [0.15, 0.2) is 17.5 Å². The van der Waals surface area contributed by atoms with E-state index in [1.54, 1.807) is 11.3 Å². The molecule has 0 N–H and O–H groups in total. The van der Waals surface area contributed by atoms with Crippen LogP contribution in [0.15, 0.2) is 180 Å². The van der Waals surface area contributed by atoms with Crippen LogP contribution >= 0.6 is 11.3 Å². The summed E-state index contributed by atoms with van der Waals surface area (Å²) in [6.45, 7) is 0. The van der Waals surface area contributed by atoms with Gasteiger partial charge in [0.2, 0.25) is 0 Å². The fourth-order valence-electron chi connectivity index (χ4n) is 8.54. The average molecular weight is 732 g/mol. The molecule has 0 aliphatic heterocycles. The molecular weight excluding hydrogens is 703 g/mol. The van der Waals surface area contributed by atoms with E-state index in [-0.39, 0.29) is 0 Å². The number of furan rings is 1. The Morgan fingerprint density at radius 3 is 1.68 bits per heavy atom. The van der Waals surface area contributed by atoms with Crippen molar-refractivity contribution < 1.29 is 4.42 Å². The summed E-state index contributed by atoms with van der Waals surface area (Å²) in [6.07, 6.45) is 0. The molecule has 12 rings (SSSR count). The molecule has 0 saturated heterocycles. The van der Waals surface area contributed by atoms with Crippen LogP contribution in [0.5, 0.6) is 0 Å². The number of para-hydroxylation sites is 1. The van der Waals surface area contributed by atoms with Gasteiger partial charge in [-0.25, -0.2) is 15.0 Å². The third-order valence-electron chi connectivity index (χ3n) is 11.1. The molecule has 0 atom stereocenters. The van der Waals surface area contributed by atoms with Crippen LogP contribution < -0.4 is 0 Å². The van der Waals surface area contributed by atoms with Gasteiger partial charge >= 0.3 is 0 Å². The molecule has 56 heavy (non-hydrogen) atoms. The van der Waals surface area contributed by atoms with Crippen LogP contribution in [0.3, 0.4) is 0 Å². The zero-order valence-electron chi connectivity index (χ0n) is 29.9.